The molecule has 1 rings (SSSR count). The monoisotopic (exact) mass is 275 g/mol. The minimum atomic E-state index is -3.55. The second-order valence-electron chi connectivity index (χ2n) is 3.43. The molecule has 0 spiro atoms. The molecule has 0 aromatic heterocycles. The third-order valence-electron chi connectivity index (χ3n) is 2.09. The summed E-state index contributed by atoms with van der Waals surface area (Å²) in [5, 5.41) is 8.58. The zero-order valence-corrected chi connectivity index (χ0v) is 10.9. The van der Waals surface area contributed by atoms with E-state index in [0.29, 0.717) is 19.0 Å². The molecule has 2 N–H and O–H groups in total. The van der Waals surface area contributed by atoms with E-state index in [0.717, 1.165) is 0 Å². The zero-order valence-electron chi connectivity index (χ0n) is 10.1. The number of aliphatic hydroxyl groups excluding tert-OH is 1. The number of methoxy groups -OCH3 is 1. The summed E-state index contributed by atoms with van der Waals surface area (Å²) in [7, 11) is -1.98. The average molecular weight is 275 g/mol. The molecule has 18 heavy (non-hydrogen) atoms. The molecular formula is C11H17NO5S. The molecule has 0 radical (unpaired) electrons. The smallest absolute Gasteiger partial charge is 0.240 e. The van der Waals surface area contributed by atoms with Crippen LogP contribution in [-0.2, 0) is 14.8 Å². The summed E-state index contributed by atoms with van der Waals surface area (Å²) in [5.41, 5.74) is 0. The van der Waals surface area contributed by atoms with Gasteiger partial charge in [-0.1, -0.05) is 0 Å². The third kappa shape index (κ3) is 4.61. The number of ether oxygens (including phenoxy) is 2. The van der Waals surface area contributed by atoms with E-state index in [4.69, 9.17) is 14.6 Å². The molecule has 1 aromatic carbocycles. The fourth-order valence-electron chi connectivity index (χ4n) is 1.22. The molecule has 0 unspecified atom stereocenters. The maximum Gasteiger partial charge on any atom is 0.240 e. The molecular weight excluding hydrogens is 258 g/mol. The molecule has 0 saturated carbocycles. The van der Waals surface area contributed by atoms with Crippen LogP contribution in [0.3, 0.4) is 0 Å². The van der Waals surface area contributed by atoms with E-state index < -0.39 is 10.0 Å². The van der Waals surface area contributed by atoms with Gasteiger partial charge < -0.3 is 14.6 Å². The molecule has 0 fully saturated rings. The standard InChI is InChI=1S/C11H17NO5S/c1-16-8-9-17-10-2-4-11(5-3-10)18(14,15)12-6-7-13/h2-5,12-13H,6-9H2,1H3. The van der Waals surface area contributed by atoms with Crippen molar-refractivity contribution in [2.75, 3.05) is 33.5 Å². The van der Waals surface area contributed by atoms with Crippen LogP contribution >= 0.6 is 0 Å². The van der Waals surface area contributed by atoms with Gasteiger partial charge in [0, 0.05) is 13.7 Å². The number of hydrogen-bond acceptors (Lipinski definition) is 5. The van der Waals surface area contributed by atoms with Gasteiger partial charge in [0.25, 0.3) is 0 Å². The van der Waals surface area contributed by atoms with E-state index in [1.165, 1.54) is 12.1 Å². The fourth-order valence-corrected chi connectivity index (χ4v) is 2.24. The summed E-state index contributed by atoms with van der Waals surface area (Å²) < 4.78 is 35.8. The van der Waals surface area contributed by atoms with Gasteiger partial charge in [0.1, 0.15) is 12.4 Å². The quantitative estimate of drug-likeness (QED) is 0.651. The van der Waals surface area contributed by atoms with Crippen molar-refractivity contribution in [2.45, 2.75) is 4.90 Å². The lowest BCUT2D eigenvalue weighted by Gasteiger charge is -2.08. The van der Waals surface area contributed by atoms with Gasteiger partial charge in [-0.3, -0.25) is 0 Å². The van der Waals surface area contributed by atoms with Gasteiger partial charge >= 0.3 is 0 Å². The van der Waals surface area contributed by atoms with Gasteiger partial charge in [0.2, 0.25) is 10.0 Å². The summed E-state index contributed by atoms with van der Waals surface area (Å²) in [5.74, 6) is 0.577. The average Bonchev–Trinajstić information content (AvgIpc) is 2.37. The van der Waals surface area contributed by atoms with Gasteiger partial charge in [-0.25, -0.2) is 13.1 Å². The molecule has 0 amide bonds. The van der Waals surface area contributed by atoms with Gasteiger partial charge in [0.05, 0.1) is 18.1 Å². The van der Waals surface area contributed by atoms with Crippen molar-refractivity contribution in [1.82, 2.24) is 4.72 Å². The maximum absolute atomic E-state index is 11.7. The normalized spacial score (nSPS) is 11.4. The molecule has 7 heteroatoms. The van der Waals surface area contributed by atoms with Crippen LogP contribution in [0.5, 0.6) is 5.75 Å². The van der Waals surface area contributed by atoms with Crippen LogP contribution < -0.4 is 9.46 Å². The summed E-state index contributed by atoms with van der Waals surface area (Å²) in [4.78, 5) is 0.134. The predicted octanol–water partition coefficient (Wildman–Crippen LogP) is -0.0176. The largest absolute Gasteiger partial charge is 0.491 e. The molecule has 6 nitrogen and oxygen atoms in total. The minimum Gasteiger partial charge on any atom is -0.491 e. The second-order valence-corrected chi connectivity index (χ2v) is 5.20. The van der Waals surface area contributed by atoms with Crippen molar-refractivity contribution in [3.63, 3.8) is 0 Å². The Bertz CT molecular complexity index is 443. The van der Waals surface area contributed by atoms with Crippen molar-refractivity contribution in [1.29, 1.82) is 0 Å². The molecule has 0 atom stereocenters. The highest BCUT2D eigenvalue weighted by Gasteiger charge is 2.12. The van der Waals surface area contributed by atoms with Crippen LogP contribution in [0.25, 0.3) is 0 Å². The lowest BCUT2D eigenvalue weighted by atomic mass is 10.3. The Kier molecular flexibility index (Phi) is 6.06. The Labute approximate surface area is 107 Å². The molecule has 0 aliphatic carbocycles. The Balaban J connectivity index is 2.64. The van der Waals surface area contributed by atoms with Gasteiger partial charge in [-0.05, 0) is 24.3 Å². The van der Waals surface area contributed by atoms with Crippen LogP contribution in [0.4, 0.5) is 0 Å². The molecule has 0 aliphatic rings. The first-order valence-electron chi connectivity index (χ1n) is 5.42. The third-order valence-corrected chi connectivity index (χ3v) is 3.57. The lowest BCUT2D eigenvalue weighted by molar-refractivity contribution is 0.146. The molecule has 0 aliphatic heterocycles. The van der Waals surface area contributed by atoms with E-state index >= 15 is 0 Å². The van der Waals surface area contributed by atoms with Crippen molar-refractivity contribution < 1.29 is 23.0 Å². The van der Waals surface area contributed by atoms with E-state index in [9.17, 15) is 8.42 Å². The van der Waals surface area contributed by atoms with Crippen LogP contribution in [0.2, 0.25) is 0 Å². The van der Waals surface area contributed by atoms with E-state index in [1.807, 2.05) is 0 Å². The van der Waals surface area contributed by atoms with Crippen molar-refractivity contribution in [2.24, 2.45) is 0 Å². The highest BCUT2D eigenvalue weighted by atomic mass is 32.2. The molecule has 0 bridgehead atoms. The summed E-state index contributed by atoms with van der Waals surface area (Å²) in [6.07, 6.45) is 0. The molecule has 102 valence electrons. The predicted molar refractivity (Wildman–Crippen MR) is 66.1 cm³/mol. The summed E-state index contributed by atoms with van der Waals surface area (Å²) in [6.45, 7) is 0.634. The number of sulfonamides is 1. The Morgan fingerprint density at radius 2 is 1.89 bits per heavy atom. The number of aliphatic hydroxyl groups is 1. The topological polar surface area (TPSA) is 84.9 Å². The van der Waals surface area contributed by atoms with Gasteiger partial charge in [0.15, 0.2) is 0 Å². The Morgan fingerprint density at radius 3 is 2.44 bits per heavy atom. The number of hydrogen-bond donors (Lipinski definition) is 2. The fraction of sp³-hybridized carbons (Fsp3) is 0.455. The van der Waals surface area contributed by atoms with Crippen LogP contribution in [0.1, 0.15) is 0 Å². The van der Waals surface area contributed by atoms with Crippen molar-refractivity contribution in [3.05, 3.63) is 24.3 Å². The molecule has 0 heterocycles. The Morgan fingerprint density at radius 1 is 1.22 bits per heavy atom. The van der Waals surface area contributed by atoms with Crippen molar-refractivity contribution in [3.8, 4) is 5.75 Å². The highest BCUT2D eigenvalue weighted by Crippen LogP contribution is 2.15. The first-order chi connectivity index (χ1) is 8.60. The van der Waals surface area contributed by atoms with E-state index in [1.54, 1.807) is 19.2 Å². The van der Waals surface area contributed by atoms with E-state index in [-0.39, 0.29) is 18.0 Å². The Hall–Kier alpha value is -1.15. The summed E-state index contributed by atoms with van der Waals surface area (Å²) >= 11 is 0. The summed E-state index contributed by atoms with van der Waals surface area (Å²) in [6, 6.07) is 6.04. The van der Waals surface area contributed by atoms with E-state index in [2.05, 4.69) is 4.72 Å². The SMILES string of the molecule is COCCOc1ccc(S(=O)(=O)NCCO)cc1. The van der Waals surface area contributed by atoms with Gasteiger partial charge in [-0.2, -0.15) is 0 Å². The van der Waals surface area contributed by atoms with Gasteiger partial charge in [-0.15, -0.1) is 0 Å². The number of nitrogens with one attached hydrogen (secondary N) is 1. The highest BCUT2D eigenvalue weighted by molar-refractivity contribution is 7.89. The first-order valence-corrected chi connectivity index (χ1v) is 6.91. The lowest BCUT2D eigenvalue weighted by Crippen LogP contribution is -2.26. The first kappa shape index (κ1) is 14.9. The number of rotatable bonds is 8. The molecule has 1 aromatic rings. The second kappa shape index (κ2) is 7.32. The maximum atomic E-state index is 11.7. The minimum absolute atomic E-state index is 0.00553. The van der Waals surface area contributed by atoms with Crippen LogP contribution in [-0.4, -0.2) is 47.0 Å². The van der Waals surface area contributed by atoms with Crippen LogP contribution in [0, 0.1) is 0 Å². The molecule has 0 saturated heterocycles. The number of benzene rings is 1. The van der Waals surface area contributed by atoms with Crippen LogP contribution in [0.15, 0.2) is 29.2 Å². The van der Waals surface area contributed by atoms with Crippen molar-refractivity contribution >= 4 is 10.0 Å². The zero-order chi connectivity index (χ0) is 13.4.